The minimum absolute atomic E-state index is 0.00463. The molecule has 0 aliphatic carbocycles. The second-order valence-electron chi connectivity index (χ2n) is 2.10. The monoisotopic (exact) mass is 173 g/mol. The summed E-state index contributed by atoms with van der Waals surface area (Å²) in [6.07, 6.45) is -0.754. The maximum absolute atomic E-state index is 10.3. The molecule has 0 saturated carbocycles. The van der Waals surface area contributed by atoms with Crippen LogP contribution < -0.4 is 0 Å². The van der Waals surface area contributed by atoms with Crippen molar-refractivity contribution < 1.29 is 10.0 Å². The van der Waals surface area contributed by atoms with Gasteiger partial charge in [-0.2, -0.15) is 0 Å². The molecule has 0 bridgehead atoms. The number of thiophene rings is 1. The lowest BCUT2D eigenvalue weighted by atomic mass is 10.3. The Kier molecular flexibility index (Phi) is 2.21. The molecule has 5 heteroatoms. The van der Waals surface area contributed by atoms with E-state index in [0.29, 0.717) is 4.88 Å². The van der Waals surface area contributed by atoms with Crippen LogP contribution in [0.25, 0.3) is 0 Å². The fourth-order valence-electron chi connectivity index (χ4n) is 0.778. The maximum atomic E-state index is 10.3. The Balaban J connectivity index is 3.06. The van der Waals surface area contributed by atoms with Crippen LogP contribution in [0.3, 0.4) is 0 Å². The molecule has 0 radical (unpaired) electrons. The summed E-state index contributed by atoms with van der Waals surface area (Å²) < 4.78 is 0. The smallest absolute Gasteiger partial charge is 0.285 e. The molecule has 1 N–H and O–H groups in total. The molecule has 0 fully saturated rings. The van der Waals surface area contributed by atoms with Crippen LogP contribution in [0, 0.1) is 10.1 Å². The predicted molar refractivity (Wildman–Crippen MR) is 41.6 cm³/mol. The molecular formula is C6H7NO3S. The number of hydrogen-bond donors (Lipinski definition) is 1. The van der Waals surface area contributed by atoms with E-state index < -0.39 is 11.0 Å². The predicted octanol–water partition coefficient (Wildman–Crippen LogP) is 1.71. The van der Waals surface area contributed by atoms with Crippen LogP contribution in [0.5, 0.6) is 0 Å². The first-order valence-corrected chi connectivity index (χ1v) is 3.90. The van der Waals surface area contributed by atoms with Crippen LogP contribution in [-0.4, -0.2) is 10.0 Å². The van der Waals surface area contributed by atoms with E-state index in [1.807, 2.05) is 0 Å². The first kappa shape index (κ1) is 8.16. The SMILES string of the molecule is CC(O)c1sccc1[N+](=O)[O-]. The largest absolute Gasteiger partial charge is 0.388 e. The van der Waals surface area contributed by atoms with Crippen molar-refractivity contribution in [2.75, 3.05) is 0 Å². The number of aliphatic hydroxyl groups is 1. The summed E-state index contributed by atoms with van der Waals surface area (Å²) in [6.45, 7) is 1.51. The van der Waals surface area contributed by atoms with Crippen LogP contribution in [-0.2, 0) is 0 Å². The summed E-state index contributed by atoms with van der Waals surface area (Å²) in [5, 5.41) is 20.9. The minimum Gasteiger partial charge on any atom is -0.388 e. The van der Waals surface area contributed by atoms with E-state index in [1.165, 1.54) is 24.3 Å². The maximum Gasteiger partial charge on any atom is 0.285 e. The standard InChI is InChI=1S/C6H7NO3S/c1-4(8)6-5(7(9)10)2-3-11-6/h2-4,8H,1H3. The summed E-state index contributed by atoms with van der Waals surface area (Å²) in [5.74, 6) is 0. The summed E-state index contributed by atoms with van der Waals surface area (Å²) >= 11 is 1.19. The third kappa shape index (κ3) is 1.55. The number of nitro groups is 1. The molecule has 0 spiro atoms. The molecule has 0 aliphatic heterocycles. The fraction of sp³-hybridized carbons (Fsp3) is 0.333. The second-order valence-corrected chi connectivity index (χ2v) is 3.05. The lowest BCUT2D eigenvalue weighted by Crippen LogP contribution is -1.93. The number of hydrogen-bond acceptors (Lipinski definition) is 4. The van der Waals surface area contributed by atoms with E-state index in [0.717, 1.165) is 0 Å². The summed E-state index contributed by atoms with van der Waals surface area (Å²) in [6, 6.07) is 1.40. The van der Waals surface area contributed by atoms with Gasteiger partial charge in [0.25, 0.3) is 5.69 Å². The molecule has 1 aromatic heterocycles. The van der Waals surface area contributed by atoms with E-state index in [2.05, 4.69) is 0 Å². The van der Waals surface area contributed by atoms with Crippen LogP contribution in [0.15, 0.2) is 11.4 Å². The summed E-state index contributed by atoms with van der Waals surface area (Å²) in [5.41, 5.74) is 0.00463. The average molecular weight is 173 g/mol. The topological polar surface area (TPSA) is 63.4 Å². The van der Waals surface area contributed by atoms with Crippen molar-refractivity contribution >= 4 is 17.0 Å². The zero-order chi connectivity index (χ0) is 8.43. The molecule has 4 nitrogen and oxygen atoms in total. The molecule has 0 saturated heterocycles. The van der Waals surface area contributed by atoms with Crippen molar-refractivity contribution in [1.82, 2.24) is 0 Å². The summed E-state index contributed by atoms with van der Waals surface area (Å²) in [4.78, 5) is 10.2. The lowest BCUT2D eigenvalue weighted by Gasteiger charge is -1.97. The highest BCUT2D eigenvalue weighted by molar-refractivity contribution is 7.10. The van der Waals surface area contributed by atoms with E-state index in [1.54, 1.807) is 5.38 Å². The second kappa shape index (κ2) is 2.98. The highest BCUT2D eigenvalue weighted by Crippen LogP contribution is 2.29. The zero-order valence-electron chi connectivity index (χ0n) is 5.85. The van der Waals surface area contributed by atoms with Gasteiger partial charge in [0.15, 0.2) is 0 Å². The normalized spacial score (nSPS) is 12.9. The van der Waals surface area contributed by atoms with Crippen LogP contribution >= 0.6 is 11.3 Å². The molecular weight excluding hydrogens is 166 g/mol. The van der Waals surface area contributed by atoms with Crippen LogP contribution in [0.2, 0.25) is 0 Å². The van der Waals surface area contributed by atoms with E-state index >= 15 is 0 Å². The van der Waals surface area contributed by atoms with Gasteiger partial charge in [-0.3, -0.25) is 10.1 Å². The van der Waals surface area contributed by atoms with Gasteiger partial charge in [0, 0.05) is 6.07 Å². The van der Waals surface area contributed by atoms with Crippen molar-refractivity contribution in [3.05, 3.63) is 26.4 Å². The number of aliphatic hydroxyl groups excluding tert-OH is 1. The molecule has 60 valence electrons. The van der Waals surface area contributed by atoms with Crippen molar-refractivity contribution in [3.8, 4) is 0 Å². The van der Waals surface area contributed by atoms with Gasteiger partial charge < -0.3 is 5.11 Å². The van der Waals surface area contributed by atoms with E-state index in [-0.39, 0.29) is 5.69 Å². The molecule has 0 aromatic carbocycles. The van der Waals surface area contributed by atoms with Crippen molar-refractivity contribution in [2.45, 2.75) is 13.0 Å². The third-order valence-corrected chi connectivity index (χ3v) is 2.33. The van der Waals surface area contributed by atoms with Crippen molar-refractivity contribution in [1.29, 1.82) is 0 Å². The van der Waals surface area contributed by atoms with Gasteiger partial charge in [-0.1, -0.05) is 0 Å². The quantitative estimate of drug-likeness (QED) is 0.547. The Bertz CT molecular complexity index is 269. The number of nitrogens with zero attached hydrogens (tertiary/aromatic N) is 1. The van der Waals surface area contributed by atoms with E-state index in [9.17, 15) is 10.1 Å². The van der Waals surface area contributed by atoms with Crippen LogP contribution in [0.4, 0.5) is 5.69 Å². The zero-order valence-corrected chi connectivity index (χ0v) is 6.67. The molecule has 0 aliphatic rings. The van der Waals surface area contributed by atoms with Gasteiger partial charge in [-0.05, 0) is 12.3 Å². The molecule has 1 aromatic rings. The molecule has 1 heterocycles. The highest BCUT2D eigenvalue weighted by atomic mass is 32.1. The van der Waals surface area contributed by atoms with Gasteiger partial charge in [0.05, 0.1) is 11.0 Å². The van der Waals surface area contributed by atoms with Crippen molar-refractivity contribution in [2.24, 2.45) is 0 Å². The molecule has 1 rings (SSSR count). The Morgan fingerprint density at radius 1 is 1.82 bits per heavy atom. The molecule has 1 unspecified atom stereocenters. The van der Waals surface area contributed by atoms with Gasteiger partial charge in [-0.15, -0.1) is 11.3 Å². The number of rotatable bonds is 2. The molecule has 1 atom stereocenters. The minimum atomic E-state index is -0.754. The Morgan fingerprint density at radius 2 is 2.45 bits per heavy atom. The highest BCUT2D eigenvalue weighted by Gasteiger charge is 2.18. The van der Waals surface area contributed by atoms with Gasteiger partial charge >= 0.3 is 0 Å². The van der Waals surface area contributed by atoms with Gasteiger partial charge in [0.2, 0.25) is 0 Å². The van der Waals surface area contributed by atoms with Gasteiger partial charge in [-0.25, -0.2) is 0 Å². The fourth-order valence-corrected chi connectivity index (χ4v) is 1.58. The molecule has 11 heavy (non-hydrogen) atoms. The summed E-state index contributed by atoms with van der Waals surface area (Å²) in [7, 11) is 0. The van der Waals surface area contributed by atoms with Crippen molar-refractivity contribution in [3.63, 3.8) is 0 Å². The Hall–Kier alpha value is -0.940. The average Bonchev–Trinajstić information content (AvgIpc) is 2.32. The lowest BCUT2D eigenvalue weighted by molar-refractivity contribution is -0.385. The Labute approximate surface area is 67.2 Å². The Morgan fingerprint density at radius 3 is 2.82 bits per heavy atom. The van der Waals surface area contributed by atoms with Gasteiger partial charge in [0.1, 0.15) is 4.88 Å². The first-order valence-electron chi connectivity index (χ1n) is 3.02. The first-order chi connectivity index (χ1) is 5.13. The van der Waals surface area contributed by atoms with E-state index in [4.69, 9.17) is 5.11 Å². The van der Waals surface area contributed by atoms with Crippen LogP contribution in [0.1, 0.15) is 17.9 Å². The molecule has 0 amide bonds. The third-order valence-electron chi connectivity index (χ3n) is 1.25.